The van der Waals surface area contributed by atoms with Gasteiger partial charge in [0, 0.05) is 98.8 Å². The summed E-state index contributed by atoms with van der Waals surface area (Å²) in [6.45, 7) is 6.37. The summed E-state index contributed by atoms with van der Waals surface area (Å²) in [5, 5.41) is 7.13. The van der Waals surface area contributed by atoms with E-state index in [-0.39, 0.29) is 35.5 Å². The van der Waals surface area contributed by atoms with Crippen molar-refractivity contribution in [2.75, 3.05) is 58.4 Å². The van der Waals surface area contributed by atoms with E-state index in [4.69, 9.17) is 32.9 Å². The minimum absolute atomic E-state index is 0.0325. The molecule has 0 saturated carbocycles. The van der Waals surface area contributed by atoms with Crippen molar-refractivity contribution in [1.29, 1.82) is 0 Å². The van der Waals surface area contributed by atoms with E-state index in [0.717, 1.165) is 44.3 Å². The van der Waals surface area contributed by atoms with Gasteiger partial charge in [-0.15, -0.1) is 0 Å². The highest BCUT2D eigenvalue weighted by Crippen LogP contribution is 2.43. The Morgan fingerprint density at radius 1 is 0.929 bits per heavy atom. The standard InChI is InChI=1S/C41H46Cl2F2N8O3/c1-26(54)52-18-11-29(12-19-52)48-22-27-9-16-47-39(37(27)45)49-33-5-3-4-31(35(33)42)38-36(43)30(10-17-46-38)32-7-6-28(40(50-32)56-2)23-51-20-13-41(24-51)14-21-53(25-41)34(55)8-15-44/h3-7,9-10,16-17,29,48H,8,11-15,18-25H2,1-2H3,(H,47,49). The number of carbonyl (C=O) groups excluding carboxylic acids is 2. The largest absolute Gasteiger partial charge is 0.481 e. The van der Waals surface area contributed by atoms with Crippen molar-refractivity contribution in [3.05, 3.63) is 81.8 Å². The maximum Gasteiger partial charge on any atom is 0.225 e. The van der Waals surface area contributed by atoms with Gasteiger partial charge in [-0.05, 0) is 56.5 Å². The fourth-order valence-corrected chi connectivity index (χ4v) is 8.74. The number of nitrogens with one attached hydrogen (secondary N) is 2. The van der Waals surface area contributed by atoms with Gasteiger partial charge in [0.15, 0.2) is 11.6 Å². The van der Waals surface area contributed by atoms with Gasteiger partial charge in [0.2, 0.25) is 17.7 Å². The highest BCUT2D eigenvalue weighted by Gasteiger charge is 2.44. The summed E-state index contributed by atoms with van der Waals surface area (Å²) in [5.74, 6) is 0.00799. The maximum atomic E-state index is 15.7. The number of nitrogens with zero attached hydrogens (tertiary/aromatic N) is 6. The normalized spacial score (nSPS) is 18.9. The number of alkyl halides is 1. The number of methoxy groups -OCH3 is 1. The minimum atomic E-state index is -0.622. The van der Waals surface area contributed by atoms with Crippen molar-refractivity contribution >= 4 is 46.5 Å². The third-order valence-corrected chi connectivity index (χ3v) is 12.1. The first-order chi connectivity index (χ1) is 27.1. The molecule has 7 rings (SSSR count). The first kappa shape index (κ1) is 39.8. The average molecular weight is 808 g/mol. The molecular formula is C41H46Cl2F2N8O3. The monoisotopic (exact) mass is 806 g/mol. The molecule has 1 aromatic carbocycles. The molecule has 11 nitrogen and oxygen atoms in total. The predicted octanol–water partition coefficient (Wildman–Crippen LogP) is 7.29. The van der Waals surface area contributed by atoms with E-state index < -0.39 is 12.5 Å². The summed E-state index contributed by atoms with van der Waals surface area (Å²) in [4.78, 5) is 43.7. The summed E-state index contributed by atoms with van der Waals surface area (Å²) >= 11 is 14.0. The Hall–Kier alpha value is -4.43. The van der Waals surface area contributed by atoms with E-state index in [1.54, 1.807) is 56.8 Å². The zero-order chi connectivity index (χ0) is 39.4. The zero-order valence-electron chi connectivity index (χ0n) is 31.6. The molecule has 1 unspecified atom stereocenters. The van der Waals surface area contributed by atoms with Crippen LogP contribution >= 0.6 is 23.2 Å². The van der Waals surface area contributed by atoms with Gasteiger partial charge in [-0.25, -0.2) is 14.4 Å². The molecule has 6 heterocycles. The molecule has 0 radical (unpaired) electrons. The van der Waals surface area contributed by atoms with Crippen molar-refractivity contribution in [1.82, 2.24) is 35.0 Å². The van der Waals surface area contributed by atoms with Crippen LogP contribution in [0.15, 0.2) is 54.9 Å². The third-order valence-electron chi connectivity index (χ3n) is 11.3. The molecule has 4 aromatic rings. The van der Waals surface area contributed by atoms with Crippen molar-refractivity contribution in [3.8, 4) is 28.4 Å². The van der Waals surface area contributed by atoms with Gasteiger partial charge >= 0.3 is 0 Å². The number of likely N-dealkylation sites (tertiary alicyclic amines) is 3. The van der Waals surface area contributed by atoms with Crippen LogP contribution in [-0.2, 0) is 22.7 Å². The number of ether oxygens (including phenoxy) is 1. The fraction of sp³-hybridized carbons (Fsp3) is 0.439. The molecule has 3 fully saturated rings. The van der Waals surface area contributed by atoms with E-state index in [0.29, 0.717) is 89.0 Å². The second-order valence-corrected chi connectivity index (χ2v) is 15.7. The number of pyridine rings is 3. The average Bonchev–Trinajstić information content (AvgIpc) is 3.81. The molecular weight excluding hydrogens is 761 g/mol. The minimum Gasteiger partial charge on any atom is -0.481 e. The maximum absolute atomic E-state index is 15.7. The number of rotatable bonds is 12. The molecule has 15 heteroatoms. The Balaban J connectivity index is 1.04. The lowest BCUT2D eigenvalue weighted by Gasteiger charge is -2.31. The van der Waals surface area contributed by atoms with E-state index in [2.05, 4.69) is 25.5 Å². The summed E-state index contributed by atoms with van der Waals surface area (Å²) in [6.07, 6.45) is 6.67. The summed E-state index contributed by atoms with van der Waals surface area (Å²) in [5.41, 5.74) is 4.07. The molecule has 296 valence electrons. The first-order valence-electron chi connectivity index (χ1n) is 19.0. The number of carbonyl (C=O) groups is 2. The molecule has 1 spiro atoms. The Kier molecular flexibility index (Phi) is 12.3. The molecule has 3 saturated heterocycles. The molecule has 1 atom stereocenters. The Morgan fingerprint density at radius 2 is 1.71 bits per heavy atom. The van der Waals surface area contributed by atoms with E-state index in [1.807, 2.05) is 21.9 Å². The first-order valence-corrected chi connectivity index (χ1v) is 19.8. The lowest BCUT2D eigenvalue weighted by atomic mass is 9.86. The lowest BCUT2D eigenvalue weighted by Crippen LogP contribution is -2.44. The number of amides is 2. The number of hydrogen-bond donors (Lipinski definition) is 2. The third kappa shape index (κ3) is 8.61. The molecule has 56 heavy (non-hydrogen) atoms. The highest BCUT2D eigenvalue weighted by atomic mass is 35.5. The van der Waals surface area contributed by atoms with Gasteiger partial charge in [0.1, 0.15) is 0 Å². The van der Waals surface area contributed by atoms with E-state index >= 15 is 4.39 Å². The Bertz CT molecular complexity index is 2080. The summed E-state index contributed by atoms with van der Waals surface area (Å²) in [7, 11) is 1.59. The van der Waals surface area contributed by atoms with Crippen molar-refractivity contribution in [2.24, 2.45) is 5.41 Å². The van der Waals surface area contributed by atoms with Crippen molar-refractivity contribution < 1.29 is 23.1 Å². The van der Waals surface area contributed by atoms with Crippen LogP contribution in [0.2, 0.25) is 10.0 Å². The molecule has 2 N–H and O–H groups in total. The zero-order valence-corrected chi connectivity index (χ0v) is 33.1. The van der Waals surface area contributed by atoms with Crippen LogP contribution in [0.25, 0.3) is 22.5 Å². The number of piperidine rings is 1. The van der Waals surface area contributed by atoms with E-state index in [9.17, 15) is 14.0 Å². The van der Waals surface area contributed by atoms with Crippen LogP contribution in [-0.4, -0.2) is 101 Å². The topological polar surface area (TPSA) is 116 Å². The molecule has 3 aliphatic heterocycles. The lowest BCUT2D eigenvalue weighted by molar-refractivity contribution is -0.131. The van der Waals surface area contributed by atoms with Gasteiger partial charge in [0.25, 0.3) is 0 Å². The molecule has 3 aromatic heterocycles. The van der Waals surface area contributed by atoms with Crippen molar-refractivity contribution in [2.45, 2.75) is 58.2 Å². The summed E-state index contributed by atoms with van der Waals surface area (Å²) < 4.78 is 34.3. The van der Waals surface area contributed by atoms with Gasteiger partial charge in [-0.2, -0.15) is 0 Å². The second-order valence-electron chi connectivity index (χ2n) is 14.9. The van der Waals surface area contributed by atoms with Crippen molar-refractivity contribution in [3.63, 3.8) is 0 Å². The van der Waals surface area contributed by atoms with Gasteiger partial charge in [0.05, 0.1) is 47.3 Å². The molecule has 2 amide bonds. The Morgan fingerprint density at radius 3 is 2.48 bits per heavy atom. The number of halogens is 4. The van der Waals surface area contributed by atoms with Gasteiger partial charge in [-0.3, -0.25) is 23.9 Å². The highest BCUT2D eigenvalue weighted by molar-refractivity contribution is 6.39. The fourth-order valence-electron chi connectivity index (χ4n) is 8.17. The number of hydrogen-bond acceptors (Lipinski definition) is 9. The van der Waals surface area contributed by atoms with Crippen LogP contribution in [0.5, 0.6) is 5.88 Å². The van der Waals surface area contributed by atoms with Crippen LogP contribution in [0.1, 0.15) is 50.2 Å². The SMILES string of the molecule is COc1nc(-c2ccnc(-c3cccc(Nc4nccc(CNC5CCN(C(C)=O)CC5)c4F)c3Cl)c2Cl)ccc1CN1CCC2(CCN(C(=O)CCF)C2)C1. The molecule has 0 aliphatic carbocycles. The Labute approximate surface area is 335 Å². The second kappa shape index (κ2) is 17.4. The van der Waals surface area contributed by atoms with Crippen LogP contribution in [0.3, 0.4) is 0 Å². The number of anilines is 2. The molecule has 3 aliphatic rings. The van der Waals surface area contributed by atoms with Crippen LogP contribution in [0, 0.1) is 11.2 Å². The van der Waals surface area contributed by atoms with Gasteiger partial charge < -0.3 is 25.2 Å². The number of aromatic nitrogens is 3. The smallest absolute Gasteiger partial charge is 0.225 e. The predicted molar refractivity (Wildman–Crippen MR) is 213 cm³/mol. The summed E-state index contributed by atoms with van der Waals surface area (Å²) in [6, 6.07) is 12.8. The molecule has 0 bridgehead atoms. The van der Waals surface area contributed by atoms with E-state index in [1.165, 1.54) is 0 Å². The number of benzene rings is 1. The van der Waals surface area contributed by atoms with Gasteiger partial charge in [-0.1, -0.05) is 41.4 Å². The quantitative estimate of drug-likeness (QED) is 0.152. The van der Waals surface area contributed by atoms with Crippen LogP contribution < -0.4 is 15.4 Å². The van der Waals surface area contributed by atoms with Crippen LogP contribution in [0.4, 0.5) is 20.3 Å².